The Balaban J connectivity index is 1.58. The second kappa shape index (κ2) is 4.47. The third-order valence-corrected chi connectivity index (χ3v) is 4.63. The van der Waals surface area contributed by atoms with Crippen LogP contribution in [0.2, 0.25) is 0 Å². The first kappa shape index (κ1) is 12.2. The Kier molecular flexibility index (Phi) is 2.72. The minimum Gasteiger partial charge on any atom is -0.463 e. The van der Waals surface area contributed by atoms with E-state index >= 15 is 0 Å². The molecule has 2 N–H and O–H groups in total. The summed E-state index contributed by atoms with van der Waals surface area (Å²) in [4.78, 5) is 0. The number of aliphatic hydroxyl groups excluding tert-OH is 1. The molecule has 2 aromatic rings. The summed E-state index contributed by atoms with van der Waals surface area (Å²) in [5.41, 5.74) is 2.44. The van der Waals surface area contributed by atoms with E-state index in [1.54, 1.807) is 0 Å². The second-order valence-electron chi connectivity index (χ2n) is 6.06. The minimum atomic E-state index is -0.624. The fourth-order valence-corrected chi connectivity index (χ4v) is 3.22. The van der Waals surface area contributed by atoms with Gasteiger partial charge in [-0.3, -0.25) is 0 Å². The van der Waals surface area contributed by atoms with Gasteiger partial charge in [0.25, 0.3) is 0 Å². The number of furan rings is 1. The van der Waals surface area contributed by atoms with E-state index in [9.17, 15) is 5.11 Å². The van der Waals surface area contributed by atoms with Crippen molar-refractivity contribution >= 4 is 0 Å². The monoisotopic (exact) mass is 269 g/mol. The minimum absolute atomic E-state index is 0.0678. The summed E-state index contributed by atoms with van der Waals surface area (Å²) in [6, 6.07) is 12.1. The zero-order chi connectivity index (χ0) is 13.7. The quantitative estimate of drug-likeness (QED) is 0.898. The molecule has 3 heteroatoms. The van der Waals surface area contributed by atoms with E-state index in [2.05, 4.69) is 24.4 Å². The molecular weight excluding hydrogens is 250 g/mol. The van der Waals surface area contributed by atoms with Gasteiger partial charge >= 0.3 is 0 Å². The summed E-state index contributed by atoms with van der Waals surface area (Å²) in [7, 11) is 0. The highest BCUT2D eigenvalue weighted by molar-refractivity contribution is 5.35. The van der Waals surface area contributed by atoms with Crippen molar-refractivity contribution in [1.82, 2.24) is 5.32 Å². The molecular formula is C17H19NO2. The van der Waals surface area contributed by atoms with Crippen molar-refractivity contribution in [3.63, 3.8) is 0 Å². The average molecular weight is 269 g/mol. The molecule has 1 aromatic carbocycles. The normalized spacial score (nSPS) is 29.2. The lowest BCUT2D eigenvalue weighted by Gasteiger charge is -2.17. The third kappa shape index (κ3) is 1.89. The maximum absolute atomic E-state index is 10.6. The molecule has 4 atom stereocenters. The lowest BCUT2D eigenvalue weighted by Crippen LogP contribution is -2.19. The van der Waals surface area contributed by atoms with Gasteiger partial charge in [-0.1, -0.05) is 31.2 Å². The molecule has 0 radical (unpaired) electrons. The van der Waals surface area contributed by atoms with E-state index in [1.807, 2.05) is 24.3 Å². The largest absolute Gasteiger partial charge is 0.463 e. The van der Waals surface area contributed by atoms with Crippen LogP contribution >= 0.6 is 0 Å². The first-order valence-corrected chi connectivity index (χ1v) is 7.33. The number of hydrogen-bond donors (Lipinski definition) is 2. The van der Waals surface area contributed by atoms with Gasteiger partial charge in [0.05, 0.1) is 6.04 Å². The summed E-state index contributed by atoms with van der Waals surface area (Å²) in [5, 5.41) is 14.0. The average Bonchev–Trinajstić information content (AvgIpc) is 2.94. The molecule has 2 aliphatic rings. The summed E-state index contributed by atoms with van der Waals surface area (Å²) in [6.07, 6.45) is 0.578. The molecule has 1 fully saturated rings. The van der Waals surface area contributed by atoms with Gasteiger partial charge in [-0.05, 0) is 35.6 Å². The van der Waals surface area contributed by atoms with Crippen LogP contribution in [0.1, 0.15) is 54.1 Å². The van der Waals surface area contributed by atoms with Gasteiger partial charge < -0.3 is 14.8 Å². The van der Waals surface area contributed by atoms with E-state index in [0.717, 1.165) is 18.2 Å². The van der Waals surface area contributed by atoms with E-state index in [4.69, 9.17) is 4.42 Å². The summed E-state index contributed by atoms with van der Waals surface area (Å²) >= 11 is 0. The standard InChI is InChI=1S/C17H19NO2/c1-10-8-13(10)14-6-7-15(20-14)17(19)16-12-5-3-2-4-11(12)9-18-16/h2-7,10,13,16-19H,8-9H2,1H3. The molecule has 0 saturated heterocycles. The molecule has 0 spiro atoms. The van der Waals surface area contributed by atoms with Crippen LogP contribution in [0, 0.1) is 5.92 Å². The fourth-order valence-electron chi connectivity index (χ4n) is 3.22. The fraction of sp³-hybridized carbons (Fsp3) is 0.412. The molecule has 1 saturated carbocycles. The van der Waals surface area contributed by atoms with E-state index in [-0.39, 0.29) is 6.04 Å². The van der Waals surface area contributed by atoms with Gasteiger partial charge in [0.1, 0.15) is 17.6 Å². The van der Waals surface area contributed by atoms with Crippen LogP contribution in [-0.2, 0) is 6.54 Å². The maximum Gasteiger partial charge on any atom is 0.134 e. The number of hydrogen-bond acceptors (Lipinski definition) is 3. The first-order chi connectivity index (χ1) is 9.74. The van der Waals surface area contributed by atoms with Crippen LogP contribution < -0.4 is 5.32 Å². The Hall–Kier alpha value is -1.58. The topological polar surface area (TPSA) is 45.4 Å². The Bertz CT molecular complexity index is 633. The second-order valence-corrected chi connectivity index (χ2v) is 6.06. The van der Waals surface area contributed by atoms with Crippen molar-refractivity contribution < 1.29 is 9.52 Å². The highest BCUT2D eigenvalue weighted by Crippen LogP contribution is 2.48. The molecule has 0 amide bonds. The number of nitrogens with one attached hydrogen (secondary N) is 1. The van der Waals surface area contributed by atoms with Crippen LogP contribution in [-0.4, -0.2) is 5.11 Å². The van der Waals surface area contributed by atoms with Crippen LogP contribution in [0.4, 0.5) is 0 Å². The number of fused-ring (bicyclic) bond motifs is 1. The summed E-state index contributed by atoms with van der Waals surface area (Å²) in [5.74, 6) is 2.97. The van der Waals surface area contributed by atoms with E-state index < -0.39 is 6.10 Å². The summed E-state index contributed by atoms with van der Waals surface area (Å²) in [6.45, 7) is 3.04. The molecule has 3 nitrogen and oxygen atoms in total. The van der Waals surface area contributed by atoms with Crippen LogP contribution in [0.5, 0.6) is 0 Å². The molecule has 2 heterocycles. The van der Waals surface area contributed by atoms with Gasteiger partial charge in [0.15, 0.2) is 0 Å². The molecule has 1 aromatic heterocycles. The molecule has 4 unspecified atom stereocenters. The van der Waals surface area contributed by atoms with Crippen LogP contribution in [0.3, 0.4) is 0 Å². The van der Waals surface area contributed by atoms with Gasteiger partial charge in [-0.25, -0.2) is 0 Å². The Labute approximate surface area is 118 Å². The maximum atomic E-state index is 10.6. The van der Waals surface area contributed by atoms with Gasteiger partial charge in [0.2, 0.25) is 0 Å². The van der Waals surface area contributed by atoms with Crippen LogP contribution in [0.15, 0.2) is 40.8 Å². The molecule has 0 bridgehead atoms. The Morgan fingerprint density at radius 3 is 2.85 bits per heavy atom. The SMILES string of the molecule is CC1CC1c1ccc(C(O)C2NCc3ccccc32)o1. The predicted molar refractivity (Wildman–Crippen MR) is 76.2 cm³/mol. The lowest BCUT2D eigenvalue weighted by atomic mass is 9.99. The predicted octanol–water partition coefficient (Wildman–Crippen LogP) is 3.28. The number of benzene rings is 1. The lowest BCUT2D eigenvalue weighted by molar-refractivity contribution is 0.108. The van der Waals surface area contributed by atoms with Gasteiger partial charge in [-0.15, -0.1) is 0 Å². The molecule has 4 rings (SSSR count). The van der Waals surface area contributed by atoms with Gasteiger partial charge in [-0.2, -0.15) is 0 Å². The zero-order valence-electron chi connectivity index (χ0n) is 11.5. The molecule has 104 valence electrons. The highest BCUT2D eigenvalue weighted by Gasteiger charge is 2.38. The molecule has 1 aliphatic carbocycles. The van der Waals surface area contributed by atoms with Crippen LogP contribution in [0.25, 0.3) is 0 Å². The summed E-state index contributed by atoms with van der Waals surface area (Å²) < 4.78 is 5.88. The van der Waals surface area contributed by atoms with Crippen molar-refractivity contribution in [1.29, 1.82) is 0 Å². The number of rotatable bonds is 3. The van der Waals surface area contributed by atoms with E-state index in [0.29, 0.717) is 11.7 Å². The van der Waals surface area contributed by atoms with Crippen molar-refractivity contribution in [2.45, 2.75) is 38.0 Å². The zero-order valence-corrected chi connectivity index (χ0v) is 11.5. The Morgan fingerprint density at radius 1 is 1.25 bits per heavy atom. The van der Waals surface area contributed by atoms with Crippen molar-refractivity contribution in [3.8, 4) is 0 Å². The van der Waals surface area contributed by atoms with Crippen molar-refractivity contribution in [2.24, 2.45) is 5.92 Å². The highest BCUT2D eigenvalue weighted by atomic mass is 16.4. The van der Waals surface area contributed by atoms with E-state index in [1.165, 1.54) is 17.5 Å². The molecule has 20 heavy (non-hydrogen) atoms. The third-order valence-electron chi connectivity index (χ3n) is 4.63. The molecule has 1 aliphatic heterocycles. The number of aliphatic hydroxyl groups is 1. The Morgan fingerprint density at radius 2 is 2.05 bits per heavy atom. The van der Waals surface area contributed by atoms with Crippen molar-refractivity contribution in [2.75, 3.05) is 0 Å². The van der Waals surface area contributed by atoms with Gasteiger partial charge in [0, 0.05) is 12.5 Å². The van der Waals surface area contributed by atoms with Crippen molar-refractivity contribution in [3.05, 3.63) is 59.0 Å². The smallest absolute Gasteiger partial charge is 0.134 e. The first-order valence-electron chi connectivity index (χ1n) is 7.33.